The number of piperazine rings is 1. The quantitative estimate of drug-likeness (QED) is 0.726. The predicted molar refractivity (Wildman–Crippen MR) is 101 cm³/mol. The molecule has 0 aromatic heterocycles. The molecule has 1 aromatic rings. The number of ether oxygens (including phenoxy) is 1. The van der Waals surface area contributed by atoms with Gasteiger partial charge in [-0.25, -0.2) is 0 Å². The molecule has 1 fully saturated rings. The van der Waals surface area contributed by atoms with Crippen molar-refractivity contribution >= 4 is 18.3 Å². The first-order chi connectivity index (χ1) is 12.3. The minimum atomic E-state index is -4.38. The van der Waals surface area contributed by atoms with E-state index in [9.17, 15) is 18.0 Å². The molecule has 27 heavy (non-hydrogen) atoms. The Labute approximate surface area is 164 Å². The SMILES string of the molecule is COc1ccccc1C(C)CC(=O)NCC(N1CCNCC1)C(F)(F)F.Cl. The number of nitrogens with one attached hydrogen (secondary N) is 2. The fraction of sp³-hybridized carbons (Fsp3) is 0.611. The molecule has 2 atom stereocenters. The lowest BCUT2D eigenvalue weighted by atomic mass is 9.96. The van der Waals surface area contributed by atoms with Gasteiger partial charge >= 0.3 is 6.18 Å². The monoisotopic (exact) mass is 409 g/mol. The summed E-state index contributed by atoms with van der Waals surface area (Å²) in [6, 6.07) is 5.67. The van der Waals surface area contributed by atoms with Crippen molar-refractivity contribution < 1.29 is 22.7 Å². The van der Waals surface area contributed by atoms with Crippen LogP contribution in [0.4, 0.5) is 13.2 Å². The van der Waals surface area contributed by atoms with Gasteiger partial charge in [-0.1, -0.05) is 25.1 Å². The van der Waals surface area contributed by atoms with Gasteiger partial charge in [-0.15, -0.1) is 12.4 Å². The lowest BCUT2D eigenvalue weighted by Gasteiger charge is -2.36. The van der Waals surface area contributed by atoms with Crippen molar-refractivity contribution in [2.24, 2.45) is 0 Å². The Bertz CT molecular complexity index is 595. The van der Waals surface area contributed by atoms with Crippen LogP contribution in [-0.4, -0.2) is 62.9 Å². The van der Waals surface area contributed by atoms with Crippen molar-refractivity contribution in [2.45, 2.75) is 31.5 Å². The highest BCUT2D eigenvalue weighted by Gasteiger charge is 2.43. The molecule has 0 saturated carbocycles. The average molecular weight is 410 g/mol. The number of rotatable bonds is 7. The molecule has 0 spiro atoms. The molecular weight excluding hydrogens is 383 g/mol. The number of hydrogen-bond acceptors (Lipinski definition) is 4. The Morgan fingerprint density at radius 3 is 2.52 bits per heavy atom. The van der Waals surface area contributed by atoms with Gasteiger partial charge in [0.25, 0.3) is 0 Å². The molecule has 1 saturated heterocycles. The van der Waals surface area contributed by atoms with Crippen LogP contribution in [0.3, 0.4) is 0 Å². The van der Waals surface area contributed by atoms with E-state index in [1.165, 1.54) is 4.90 Å². The molecule has 2 N–H and O–H groups in total. The second-order valence-corrected chi connectivity index (χ2v) is 6.49. The molecule has 1 heterocycles. The normalized spacial score (nSPS) is 17.5. The summed E-state index contributed by atoms with van der Waals surface area (Å²) in [4.78, 5) is 13.6. The van der Waals surface area contributed by atoms with Gasteiger partial charge in [0.1, 0.15) is 11.8 Å². The lowest BCUT2D eigenvalue weighted by molar-refractivity contribution is -0.184. The summed E-state index contributed by atoms with van der Waals surface area (Å²) in [5.41, 5.74) is 0.861. The molecular formula is C18H27ClF3N3O2. The summed E-state index contributed by atoms with van der Waals surface area (Å²) in [6.45, 7) is 3.10. The van der Waals surface area contributed by atoms with Crippen LogP contribution in [0.2, 0.25) is 0 Å². The Hall–Kier alpha value is -1.51. The number of halogens is 4. The second kappa shape index (κ2) is 10.7. The highest BCUT2D eigenvalue weighted by Crippen LogP contribution is 2.28. The van der Waals surface area contributed by atoms with Crippen molar-refractivity contribution in [3.63, 3.8) is 0 Å². The van der Waals surface area contributed by atoms with E-state index in [0.29, 0.717) is 31.9 Å². The zero-order valence-corrected chi connectivity index (χ0v) is 16.3. The first-order valence-corrected chi connectivity index (χ1v) is 8.74. The van der Waals surface area contributed by atoms with Crippen LogP contribution in [0.25, 0.3) is 0 Å². The van der Waals surface area contributed by atoms with Crippen LogP contribution >= 0.6 is 12.4 Å². The van der Waals surface area contributed by atoms with Crippen LogP contribution in [0.5, 0.6) is 5.75 Å². The molecule has 2 rings (SSSR count). The number of carbonyl (C=O) groups is 1. The molecule has 0 aliphatic carbocycles. The van der Waals surface area contributed by atoms with Crippen molar-refractivity contribution in [3.8, 4) is 5.75 Å². The van der Waals surface area contributed by atoms with Crippen LogP contribution < -0.4 is 15.4 Å². The third-order valence-electron chi connectivity index (χ3n) is 4.62. The van der Waals surface area contributed by atoms with Gasteiger partial charge in [0.15, 0.2) is 0 Å². The highest BCUT2D eigenvalue weighted by molar-refractivity contribution is 5.85. The van der Waals surface area contributed by atoms with Gasteiger partial charge in [0.2, 0.25) is 5.91 Å². The van der Waals surface area contributed by atoms with Gasteiger partial charge in [0.05, 0.1) is 7.11 Å². The maximum atomic E-state index is 13.4. The van der Waals surface area contributed by atoms with Crippen molar-refractivity contribution in [3.05, 3.63) is 29.8 Å². The van der Waals surface area contributed by atoms with Crippen LogP contribution in [0, 0.1) is 0 Å². The lowest BCUT2D eigenvalue weighted by Crippen LogP contribution is -2.57. The number of alkyl halides is 3. The van der Waals surface area contributed by atoms with E-state index in [2.05, 4.69) is 10.6 Å². The minimum Gasteiger partial charge on any atom is -0.496 e. The van der Waals surface area contributed by atoms with Gasteiger partial charge < -0.3 is 15.4 Å². The Balaban J connectivity index is 0.00000364. The maximum Gasteiger partial charge on any atom is 0.405 e. The van der Waals surface area contributed by atoms with Crippen LogP contribution in [0.1, 0.15) is 24.8 Å². The molecule has 0 bridgehead atoms. The Kier molecular flexibility index (Phi) is 9.35. The molecule has 2 unspecified atom stereocenters. The number of methoxy groups -OCH3 is 1. The summed E-state index contributed by atoms with van der Waals surface area (Å²) in [7, 11) is 1.55. The van der Waals surface area contributed by atoms with Gasteiger partial charge in [0, 0.05) is 39.1 Å². The zero-order chi connectivity index (χ0) is 19.2. The molecule has 1 aliphatic rings. The molecule has 9 heteroatoms. The fourth-order valence-electron chi connectivity index (χ4n) is 3.19. The molecule has 154 valence electrons. The average Bonchev–Trinajstić information content (AvgIpc) is 2.61. The van der Waals surface area contributed by atoms with Crippen LogP contribution in [0.15, 0.2) is 24.3 Å². The molecule has 0 radical (unpaired) electrons. The van der Waals surface area contributed by atoms with Crippen molar-refractivity contribution in [1.29, 1.82) is 0 Å². The van der Waals surface area contributed by atoms with E-state index in [0.717, 1.165) is 5.56 Å². The molecule has 5 nitrogen and oxygen atoms in total. The van der Waals surface area contributed by atoms with E-state index in [1.54, 1.807) is 13.2 Å². The highest BCUT2D eigenvalue weighted by atomic mass is 35.5. The van der Waals surface area contributed by atoms with E-state index >= 15 is 0 Å². The second-order valence-electron chi connectivity index (χ2n) is 6.49. The third kappa shape index (κ3) is 6.86. The van der Waals surface area contributed by atoms with Gasteiger partial charge in [-0.05, 0) is 17.5 Å². The predicted octanol–water partition coefficient (Wildman–Crippen LogP) is 2.56. The number of nitrogens with zero attached hydrogens (tertiary/aromatic N) is 1. The molecule has 1 aromatic carbocycles. The first-order valence-electron chi connectivity index (χ1n) is 8.74. The van der Waals surface area contributed by atoms with E-state index in [-0.39, 0.29) is 24.7 Å². The third-order valence-corrected chi connectivity index (χ3v) is 4.62. The Morgan fingerprint density at radius 1 is 1.30 bits per heavy atom. The van der Waals surface area contributed by atoms with Gasteiger partial charge in [-0.2, -0.15) is 13.2 Å². The standard InChI is InChI=1S/C18H26F3N3O2.ClH/c1-13(14-5-3-4-6-15(14)26-2)11-17(25)23-12-16(18(19,20)21)24-9-7-22-8-10-24;/h3-6,13,16,22H,7-12H2,1-2H3,(H,23,25);1H. The van der Waals surface area contributed by atoms with E-state index in [4.69, 9.17) is 4.74 Å². The number of carbonyl (C=O) groups excluding carboxylic acids is 1. The van der Waals surface area contributed by atoms with Crippen LogP contribution in [-0.2, 0) is 4.79 Å². The zero-order valence-electron chi connectivity index (χ0n) is 15.5. The number of para-hydroxylation sites is 1. The largest absolute Gasteiger partial charge is 0.496 e. The van der Waals surface area contributed by atoms with Crippen molar-refractivity contribution in [2.75, 3.05) is 39.8 Å². The minimum absolute atomic E-state index is 0. The van der Waals surface area contributed by atoms with E-state index < -0.39 is 24.7 Å². The summed E-state index contributed by atoms with van der Waals surface area (Å²) >= 11 is 0. The van der Waals surface area contributed by atoms with Crippen molar-refractivity contribution in [1.82, 2.24) is 15.5 Å². The topological polar surface area (TPSA) is 53.6 Å². The van der Waals surface area contributed by atoms with Gasteiger partial charge in [-0.3, -0.25) is 9.69 Å². The number of hydrogen-bond donors (Lipinski definition) is 2. The maximum absolute atomic E-state index is 13.4. The fourth-order valence-corrected chi connectivity index (χ4v) is 3.19. The Morgan fingerprint density at radius 2 is 1.93 bits per heavy atom. The summed E-state index contributed by atoms with van der Waals surface area (Å²) in [6.07, 6.45) is -4.27. The molecule has 1 amide bonds. The number of amides is 1. The summed E-state index contributed by atoms with van der Waals surface area (Å²) in [5, 5.41) is 5.50. The van der Waals surface area contributed by atoms with E-state index in [1.807, 2.05) is 25.1 Å². The smallest absolute Gasteiger partial charge is 0.405 e. The summed E-state index contributed by atoms with van der Waals surface area (Å²) in [5.74, 6) is 0.115. The first kappa shape index (κ1) is 23.5. The summed E-state index contributed by atoms with van der Waals surface area (Å²) < 4.78 is 45.3. The number of benzene rings is 1. The molecule has 1 aliphatic heterocycles.